The maximum absolute atomic E-state index is 12.1. The second kappa shape index (κ2) is 12.6. The van der Waals surface area contributed by atoms with E-state index < -0.39 is 18.2 Å². The lowest BCUT2D eigenvalue weighted by atomic mass is 10.2. The van der Waals surface area contributed by atoms with Gasteiger partial charge >= 0.3 is 12.1 Å². The van der Waals surface area contributed by atoms with Crippen LogP contribution < -0.4 is 31.9 Å². The van der Waals surface area contributed by atoms with Crippen molar-refractivity contribution < 1.29 is 14.7 Å². The van der Waals surface area contributed by atoms with Gasteiger partial charge in [0.25, 0.3) is 0 Å². The van der Waals surface area contributed by atoms with Crippen LogP contribution in [-0.4, -0.2) is 74.2 Å². The van der Waals surface area contributed by atoms with Gasteiger partial charge in [-0.05, 0) is 48.5 Å². The molecular formula is C23H29ClN8O3. The highest BCUT2D eigenvalue weighted by atomic mass is 35.5. The number of urea groups is 2. The molecule has 2 aliphatic heterocycles. The molecule has 35 heavy (non-hydrogen) atoms. The fourth-order valence-electron chi connectivity index (χ4n) is 3.45. The second-order valence-corrected chi connectivity index (χ2v) is 7.79. The molecule has 186 valence electrons. The van der Waals surface area contributed by atoms with E-state index in [-0.39, 0.29) is 25.5 Å². The Kier molecular flexibility index (Phi) is 9.27. The third-order valence-electron chi connectivity index (χ3n) is 5.18. The number of aliphatic imine (C=N–C) groups is 2. The van der Waals surface area contributed by atoms with E-state index in [0.29, 0.717) is 11.4 Å². The molecule has 12 heteroatoms. The Labute approximate surface area is 209 Å². The standard InChI is InChI=1S/C23H28N8O3.ClH/c32-19(13-28-22(33)30-17-5-1-15(2-6-17)20-24-9-10-25-20)14-29-23(34)31-18-7-3-16(4-8-18)21-26-11-12-27-21;/h1-8,19,32H,9-14H2,(H,24,25)(H,26,27)(H2,28,30,33)(H2,29,31,34);1H. The predicted octanol–water partition coefficient (Wildman–Crippen LogP) is 1.11. The minimum absolute atomic E-state index is 0. The molecule has 0 fully saturated rings. The summed E-state index contributed by atoms with van der Waals surface area (Å²) in [6, 6.07) is 13.7. The quantitative estimate of drug-likeness (QED) is 0.289. The van der Waals surface area contributed by atoms with Gasteiger partial charge in [-0.1, -0.05) is 0 Å². The summed E-state index contributed by atoms with van der Waals surface area (Å²) in [6.07, 6.45) is -0.945. The third kappa shape index (κ3) is 7.59. The molecule has 0 unspecified atom stereocenters. The highest BCUT2D eigenvalue weighted by Crippen LogP contribution is 2.12. The molecule has 11 nitrogen and oxygen atoms in total. The molecule has 0 atom stereocenters. The average Bonchev–Trinajstić information content (AvgIpc) is 3.57. The Bertz CT molecular complexity index is 988. The van der Waals surface area contributed by atoms with Crippen molar-refractivity contribution in [2.24, 2.45) is 9.98 Å². The minimum Gasteiger partial charge on any atom is -0.389 e. The highest BCUT2D eigenvalue weighted by molar-refractivity contribution is 6.01. The van der Waals surface area contributed by atoms with Crippen LogP contribution in [-0.2, 0) is 0 Å². The van der Waals surface area contributed by atoms with Crippen molar-refractivity contribution >= 4 is 47.5 Å². The molecule has 0 bridgehead atoms. The Morgan fingerprint density at radius 3 is 1.51 bits per heavy atom. The number of amidine groups is 2. The number of aliphatic hydroxyl groups is 1. The zero-order valence-electron chi connectivity index (χ0n) is 19.0. The van der Waals surface area contributed by atoms with Crippen molar-refractivity contribution in [1.82, 2.24) is 21.3 Å². The van der Waals surface area contributed by atoms with Crippen molar-refractivity contribution in [2.75, 3.05) is 49.9 Å². The number of hydrogen-bond donors (Lipinski definition) is 7. The van der Waals surface area contributed by atoms with Crippen molar-refractivity contribution in [3.05, 3.63) is 59.7 Å². The van der Waals surface area contributed by atoms with Crippen LogP contribution in [0, 0.1) is 0 Å². The number of hydrogen-bond acceptors (Lipinski definition) is 7. The molecule has 0 aliphatic carbocycles. The molecule has 0 saturated heterocycles. The first-order valence-electron chi connectivity index (χ1n) is 11.1. The molecule has 0 radical (unpaired) electrons. The summed E-state index contributed by atoms with van der Waals surface area (Å²) in [5.41, 5.74) is 3.15. The molecule has 2 aliphatic rings. The lowest BCUT2D eigenvalue weighted by molar-refractivity contribution is 0.170. The van der Waals surface area contributed by atoms with Gasteiger partial charge in [0.15, 0.2) is 0 Å². The topological polar surface area (TPSA) is 151 Å². The van der Waals surface area contributed by atoms with Gasteiger partial charge in [0.2, 0.25) is 0 Å². The zero-order valence-corrected chi connectivity index (χ0v) is 19.8. The van der Waals surface area contributed by atoms with Crippen LogP contribution in [0.25, 0.3) is 0 Å². The lowest BCUT2D eigenvalue weighted by Gasteiger charge is -2.14. The van der Waals surface area contributed by atoms with E-state index in [0.717, 1.165) is 49.0 Å². The second-order valence-electron chi connectivity index (χ2n) is 7.79. The van der Waals surface area contributed by atoms with Crippen molar-refractivity contribution in [3.63, 3.8) is 0 Å². The van der Waals surface area contributed by atoms with Crippen molar-refractivity contribution in [3.8, 4) is 0 Å². The van der Waals surface area contributed by atoms with E-state index in [1.807, 2.05) is 24.3 Å². The number of benzene rings is 2. The van der Waals surface area contributed by atoms with Crippen LogP contribution in [0.5, 0.6) is 0 Å². The number of nitrogens with one attached hydrogen (secondary N) is 6. The SMILES string of the molecule is Cl.O=C(NCC(O)CNC(=O)Nc1ccc(C2=NCCN2)cc1)Nc1ccc(C2=NCCN2)cc1. The summed E-state index contributed by atoms with van der Waals surface area (Å²) in [7, 11) is 0. The number of rotatable bonds is 8. The van der Waals surface area contributed by atoms with E-state index in [9.17, 15) is 14.7 Å². The lowest BCUT2D eigenvalue weighted by Crippen LogP contribution is -2.42. The molecule has 0 saturated carbocycles. The number of carbonyl (C=O) groups is 2. The third-order valence-corrected chi connectivity index (χ3v) is 5.18. The van der Waals surface area contributed by atoms with E-state index in [1.165, 1.54) is 0 Å². The van der Waals surface area contributed by atoms with Gasteiger partial charge in [0.1, 0.15) is 11.7 Å². The smallest absolute Gasteiger partial charge is 0.319 e. The highest BCUT2D eigenvalue weighted by Gasteiger charge is 2.12. The van der Waals surface area contributed by atoms with Crippen LogP contribution in [0.2, 0.25) is 0 Å². The van der Waals surface area contributed by atoms with Gasteiger partial charge in [-0.15, -0.1) is 12.4 Å². The van der Waals surface area contributed by atoms with Crippen LogP contribution in [0.15, 0.2) is 58.5 Å². The molecule has 2 aromatic rings. The van der Waals surface area contributed by atoms with Gasteiger partial charge in [-0.2, -0.15) is 0 Å². The Morgan fingerprint density at radius 2 is 1.17 bits per heavy atom. The average molecular weight is 501 g/mol. The first-order valence-corrected chi connectivity index (χ1v) is 11.1. The summed E-state index contributed by atoms with van der Waals surface area (Å²) < 4.78 is 0. The largest absolute Gasteiger partial charge is 0.389 e. The maximum atomic E-state index is 12.1. The molecule has 2 heterocycles. The van der Waals surface area contributed by atoms with E-state index in [2.05, 4.69) is 41.9 Å². The molecule has 7 N–H and O–H groups in total. The fourth-order valence-corrected chi connectivity index (χ4v) is 3.45. The molecular weight excluding hydrogens is 472 g/mol. The Morgan fingerprint density at radius 1 is 0.771 bits per heavy atom. The minimum atomic E-state index is -0.945. The molecule has 4 amide bonds. The number of anilines is 2. The van der Waals surface area contributed by atoms with Gasteiger partial charge < -0.3 is 37.0 Å². The number of nitrogens with zero attached hydrogens (tertiary/aromatic N) is 2. The maximum Gasteiger partial charge on any atom is 0.319 e. The summed E-state index contributed by atoms with van der Waals surface area (Å²) in [6.45, 7) is 3.15. The van der Waals surface area contributed by atoms with Crippen LogP contribution >= 0.6 is 12.4 Å². The monoisotopic (exact) mass is 500 g/mol. The van der Waals surface area contributed by atoms with Gasteiger partial charge in [-0.25, -0.2) is 9.59 Å². The van der Waals surface area contributed by atoms with E-state index in [4.69, 9.17) is 0 Å². The Hall–Kier alpha value is -3.83. The predicted molar refractivity (Wildman–Crippen MR) is 139 cm³/mol. The fraction of sp³-hybridized carbons (Fsp3) is 0.304. The van der Waals surface area contributed by atoms with Crippen LogP contribution in [0.3, 0.4) is 0 Å². The van der Waals surface area contributed by atoms with Crippen molar-refractivity contribution in [2.45, 2.75) is 6.10 Å². The number of aliphatic hydroxyl groups excluding tert-OH is 1. The number of carbonyl (C=O) groups excluding carboxylic acids is 2. The molecule has 0 aromatic heterocycles. The van der Waals surface area contributed by atoms with Crippen molar-refractivity contribution in [1.29, 1.82) is 0 Å². The van der Waals surface area contributed by atoms with E-state index >= 15 is 0 Å². The van der Waals surface area contributed by atoms with Gasteiger partial charge in [-0.3, -0.25) is 9.98 Å². The zero-order chi connectivity index (χ0) is 23.8. The molecule has 4 rings (SSSR count). The number of amides is 4. The molecule has 0 spiro atoms. The Balaban J connectivity index is 0.00000342. The van der Waals surface area contributed by atoms with Gasteiger partial charge in [0, 0.05) is 48.7 Å². The number of halogens is 1. The van der Waals surface area contributed by atoms with Gasteiger partial charge in [0.05, 0.1) is 19.2 Å². The summed E-state index contributed by atoms with van der Waals surface area (Å²) >= 11 is 0. The van der Waals surface area contributed by atoms with Crippen LogP contribution in [0.4, 0.5) is 21.0 Å². The summed E-state index contributed by atoms with van der Waals surface area (Å²) in [5.74, 6) is 1.70. The molecule has 2 aromatic carbocycles. The first kappa shape index (κ1) is 25.8. The normalized spacial score (nSPS) is 14.1. The van der Waals surface area contributed by atoms with Crippen LogP contribution in [0.1, 0.15) is 11.1 Å². The first-order chi connectivity index (χ1) is 16.6. The summed E-state index contributed by atoms with van der Waals surface area (Å²) in [5, 5.41) is 27.0. The summed E-state index contributed by atoms with van der Waals surface area (Å²) in [4.78, 5) is 32.9. The van der Waals surface area contributed by atoms with E-state index in [1.54, 1.807) is 24.3 Å².